The molecule has 0 spiro atoms. The molecule has 6 nitrogen and oxygen atoms in total. The molecule has 25 heavy (non-hydrogen) atoms. The molecule has 138 valence electrons. The van der Waals surface area contributed by atoms with E-state index in [-0.39, 0.29) is 10.7 Å². The molecular weight excluding hydrogens is 340 g/mol. The van der Waals surface area contributed by atoms with Crippen LogP contribution in [0.4, 0.5) is 0 Å². The molecule has 0 saturated carbocycles. The van der Waals surface area contributed by atoms with Crippen LogP contribution < -0.4 is 4.72 Å². The largest absolute Gasteiger partial charge is 0.380 e. The Balaban J connectivity index is 1.50. The average Bonchev–Trinajstić information content (AvgIpc) is 3.15. The maximum atomic E-state index is 12.4. The zero-order valence-electron chi connectivity index (χ0n) is 14.6. The fourth-order valence-corrected chi connectivity index (χ4v) is 4.63. The first-order valence-corrected chi connectivity index (χ1v) is 10.4. The smallest absolute Gasteiger partial charge is 0.240 e. The van der Waals surface area contributed by atoms with Gasteiger partial charge in [0.2, 0.25) is 10.0 Å². The van der Waals surface area contributed by atoms with Crippen LogP contribution in [0.25, 0.3) is 0 Å². The number of likely N-dealkylation sites (tertiary alicyclic amines) is 1. The molecule has 1 atom stereocenters. The van der Waals surface area contributed by atoms with Crippen LogP contribution in [0.3, 0.4) is 0 Å². The van der Waals surface area contributed by atoms with Crippen LogP contribution in [-0.2, 0) is 14.8 Å². The Morgan fingerprint density at radius 1 is 1.20 bits per heavy atom. The molecule has 1 aromatic rings. The summed E-state index contributed by atoms with van der Waals surface area (Å²) in [5.41, 5.74) is 0.516. The van der Waals surface area contributed by atoms with E-state index in [2.05, 4.69) is 9.62 Å². The van der Waals surface area contributed by atoms with E-state index < -0.39 is 10.0 Å². The van der Waals surface area contributed by atoms with Gasteiger partial charge in [0.25, 0.3) is 0 Å². The van der Waals surface area contributed by atoms with Crippen molar-refractivity contribution in [2.24, 2.45) is 5.92 Å². The van der Waals surface area contributed by atoms with Crippen molar-refractivity contribution < 1.29 is 17.9 Å². The van der Waals surface area contributed by atoms with E-state index in [1.165, 1.54) is 19.1 Å². The monoisotopic (exact) mass is 366 g/mol. The van der Waals surface area contributed by atoms with Gasteiger partial charge in [-0.25, -0.2) is 13.1 Å². The van der Waals surface area contributed by atoms with Crippen molar-refractivity contribution in [3.63, 3.8) is 0 Å². The second-order valence-corrected chi connectivity index (χ2v) is 8.70. The van der Waals surface area contributed by atoms with Gasteiger partial charge >= 0.3 is 0 Å². The maximum absolute atomic E-state index is 12.4. The molecule has 2 aliphatic heterocycles. The third kappa shape index (κ3) is 4.67. The van der Waals surface area contributed by atoms with E-state index in [4.69, 9.17) is 4.74 Å². The quantitative estimate of drug-likeness (QED) is 0.775. The third-order valence-electron chi connectivity index (χ3n) is 5.20. The molecule has 1 aromatic carbocycles. The number of Topliss-reactive ketones (excluding diaryl/α,β-unsaturated/α-hetero) is 1. The predicted octanol–water partition coefficient (Wildman–Crippen LogP) is 1.67. The Hall–Kier alpha value is -1.28. The van der Waals surface area contributed by atoms with E-state index in [9.17, 15) is 13.2 Å². The number of benzene rings is 1. The molecular formula is C18H26N2O4S. The lowest BCUT2D eigenvalue weighted by atomic mass is 9.96. The molecule has 0 aliphatic carbocycles. The fraction of sp³-hybridized carbons (Fsp3) is 0.611. The minimum absolute atomic E-state index is 0.0728. The summed E-state index contributed by atoms with van der Waals surface area (Å²) in [6.07, 6.45) is 3.11. The van der Waals surface area contributed by atoms with Crippen molar-refractivity contribution in [3.8, 4) is 0 Å². The number of carbonyl (C=O) groups is 1. The van der Waals surface area contributed by atoms with Crippen LogP contribution in [0.1, 0.15) is 36.5 Å². The number of ether oxygens (including phenoxy) is 1. The molecule has 2 aliphatic rings. The highest BCUT2D eigenvalue weighted by atomic mass is 32.2. The zero-order valence-corrected chi connectivity index (χ0v) is 15.4. The molecule has 0 bridgehead atoms. The lowest BCUT2D eigenvalue weighted by Gasteiger charge is -2.35. The summed E-state index contributed by atoms with van der Waals surface area (Å²) >= 11 is 0. The standard InChI is InChI=1S/C18H26N2O4S/c1-14(21)16-2-4-18(5-3-16)25(22,23)19-12-15-6-9-20(10-7-15)17-8-11-24-13-17/h2-5,15,17,19H,6-13H2,1H3/t17-/m0/s1. The maximum Gasteiger partial charge on any atom is 0.240 e. The van der Waals surface area contributed by atoms with Gasteiger partial charge in [-0.3, -0.25) is 9.69 Å². The van der Waals surface area contributed by atoms with Crippen molar-refractivity contribution in [1.82, 2.24) is 9.62 Å². The number of nitrogens with zero attached hydrogens (tertiary/aromatic N) is 1. The van der Waals surface area contributed by atoms with Crippen LogP contribution in [0.5, 0.6) is 0 Å². The van der Waals surface area contributed by atoms with Crippen molar-refractivity contribution in [1.29, 1.82) is 0 Å². The molecule has 2 heterocycles. The molecule has 0 aromatic heterocycles. The van der Waals surface area contributed by atoms with E-state index in [0.717, 1.165) is 45.6 Å². The van der Waals surface area contributed by atoms with Crippen LogP contribution in [0.2, 0.25) is 0 Å². The molecule has 0 amide bonds. The lowest BCUT2D eigenvalue weighted by Crippen LogP contribution is -2.43. The van der Waals surface area contributed by atoms with Gasteiger partial charge in [-0.1, -0.05) is 12.1 Å². The van der Waals surface area contributed by atoms with Crippen LogP contribution >= 0.6 is 0 Å². The molecule has 7 heteroatoms. The SMILES string of the molecule is CC(=O)c1ccc(S(=O)(=O)NCC2CCN([C@H]3CCOC3)CC2)cc1. The van der Waals surface area contributed by atoms with E-state index in [0.29, 0.717) is 24.1 Å². The Morgan fingerprint density at radius 2 is 1.88 bits per heavy atom. The first-order valence-electron chi connectivity index (χ1n) is 8.88. The van der Waals surface area contributed by atoms with Crippen LogP contribution in [-0.4, -0.2) is 58.0 Å². The molecule has 1 N–H and O–H groups in total. The van der Waals surface area contributed by atoms with Gasteiger partial charge in [0, 0.05) is 24.8 Å². The summed E-state index contributed by atoms with van der Waals surface area (Å²) in [6, 6.07) is 6.62. The summed E-state index contributed by atoms with van der Waals surface area (Å²) in [4.78, 5) is 14.0. The Kier molecular flexibility index (Phi) is 5.89. The van der Waals surface area contributed by atoms with Gasteiger partial charge in [-0.15, -0.1) is 0 Å². The Bertz CT molecular complexity index is 688. The minimum atomic E-state index is -3.53. The number of sulfonamides is 1. The molecule has 0 radical (unpaired) electrons. The Morgan fingerprint density at radius 3 is 2.44 bits per heavy atom. The van der Waals surface area contributed by atoms with Crippen molar-refractivity contribution >= 4 is 15.8 Å². The number of carbonyl (C=O) groups excluding carboxylic acids is 1. The Labute approximate surface area is 149 Å². The average molecular weight is 366 g/mol. The number of piperidine rings is 1. The summed E-state index contributed by atoms with van der Waals surface area (Å²) < 4.78 is 33.0. The summed E-state index contributed by atoms with van der Waals surface area (Å²) in [6.45, 7) is 5.62. The topological polar surface area (TPSA) is 75.7 Å². The normalized spacial score (nSPS) is 23.0. The van der Waals surface area contributed by atoms with E-state index in [1.807, 2.05) is 0 Å². The number of rotatable bonds is 6. The van der Waals surface area contributed by atoms with Gasteiger partial charge in [0.05, 0.1) is 11.5 Å². The second kappa shape index (κ2) is 7.95. The fourth-order valence-electron chi connectivity index (χ4n) is 3.51. The first kappa shape index (κ1) is 18.5. The molecule has 3 rings (SSSR count). The number of ketones is 1. The number of nitrogens with one attached hydrogen (secondary N) is 1. The van der Waals surface area contributed by atoms with Crippen molar-refractivity contribution in [2.75, 3.05) is 32.8 Å². The van der Waals surface area contributed by atoms with Gasteiger partial charge in [0.15, 0.2) is 5.78 Å². The van der Waals surface area contributed by atoms with Crippen molar-refractivity contribution in [3.05, 3.63) is 29.8 Å². The highest BCUT2D eigenvalue weighted by Gasteiger charge is 2.28. The van der Waals surface area contributed by atoms with Gasteiger partial charge < -0.3 is 4.74 Å². The van der Waals surface area contributed by atoms with Crippen molar-refractivity contribution in [2.45, 2.75) is 37.1 Å². The van der Waals surface area contributed by atoms with E-state index >= 15 is 0 Å². The van der Waals surface area contributed by atoms with Gasteiger partial charge in [-0.2, -0.15) is 0 Å². The van der Waals surface area contributed by atoms with Crippen LogP contribution in [0.15, 0.2) is 29.2 Å². The third-order valence-corrected chi connectivity index (χ3v) is 6.64. The zero-order chi connectivity index (χ0) is 17.9. The molecule has 2 fully saturated rings. The number of hydrogen-bond donors (Lipinski definition) is 1. The minimum Gasteiger partial charge on any atom is -0.380 e. The molecule has 0 unspecified atom stereocenters. The second-order valence-electron chi connectivity index (χ2n) is 6.93. The van der Waals surface area contributed by atoms with Gasteiger partial charge in [0.1, 0.15) is 0 Å². The van der Waals surface area contributed by atoms with Crippen LogP contribution in [0, 0.1) is 5.92 Å². The predicted molar refractivity (Wildman–Crippen MR) is 95.2 cm³/mol. The lowest BCUT2D eigenvalue weighted by molar-refractivity contribution is 0.101. The van der Waals surface area contributed by atoms with Gasteiger partial charge in [-0.05, 0) is 57.3 Å². The summed E-state index contributed by atoms with van der Waals surface area (Å²) in [5, 5.41) is 0. The van der Waals surface area contributed by atoms with E-state index in [1.54, 1.807) is 12.1 Å². The number of hydrogen-bond acceptors (Lipinski definition) is 5. The highest BCUT2D eigenvalue weighted by Crippen LogP contribution is 2.22. The highest BCUT2D eigenvalue weighted by molar-refractivity contribution is 7.89. The molecule has 2 saturated heterocycles. The first-order chi connectivity index (χ1) is 12.0. The summed E-state index contributed by atoms with van der Waals surface area (Å²) in [5.74, 6) is 0.293. The summed E-state index contributed by atoms with van der Waals surface area (Å²) in [7, 11) is -3.53.